The predicted molar refractivity (Wildman–Crippen MR) is 64.9 cm³/mol. The minimum absolute atomic E-state index is 0.0161. The number of nitrogens with zero attached hydrogens (tertiary/aromatic N) is 3. The molecule has 0 spiro atoms. The van der Waals surface area contributed by atoms with Crippen LogP contribution in [0.15, 0.2) is 6.20 Å². The van der Waals surface area contributed by atoms with E-state index >= 15 is 0 Å². The third-order valence-corrected chi connectivity index (χ3v) is 2.12. The fourth-order valence-corrected chi connectivity index (χ4v) is 1.19. The SMILES string of the molecule is CN(C)CCOCCNc1nc(Cl)ncc1F. The molecule has 17 heavy (non-hydrogen) atoms. The lowest BCUT2D eigenvalue weighted by atomic mass is 10.5. The number of hydrogen-bond acceptors (Lipinski definition) is 5. The van der Waals surface area contributed by atoms with Crippen LogP contribution in [0.5, 0.6) is 0 Å². The zero-order valence-corrected chi connectivity index (χ0v) is 10.7. The van der Waals surface area contributed by atoms with E-state index in [1.54, 1.807) is 0 Å². The van der Waals surface area contributed by atoms with Crippen LogP contribution in [-0.4, -0.2) is 55.3 Å². The number of ether oxygens (including phenoxy) is 1. The zero-order chi connectivity index (χ0) is 12.7. The summed E-state index contributed by atoms with van der Waals surface area (Å²) < 4.78 is 18.5. The minimum Gasteiger partial charge on any atom is -0.378 e. The monoisotopic (exact) mass is 262 g/mol. The van der Waals surface area contributed by atoms with Gasteiger partial charge in [-0.05, 0) is 25.7 Å². The van der Waals surface area contributed by atoms with E-state index in [0.29, 0.717) is 19.8 Å². The molecule has 0 aliphatic carbocycles. The van der Waals surface area contributed by atoms with Gasteiger partial charge in [0.05, 0.1) is 19.4 Å². The van der Waals surface area contributed by atoms with Crippen LogP contribution in [0.3, 0.4) is 0 Å². The van der Waals surface area contributed by atoms with Crippen molar-refractivity contribution in [1.82, 2.24) is 14.9 Å². The van der Waals surface area contributed by atoms with Gasteiger partial charge in [0.15, 0.2) is 11.6 Å². The van der Waals surface area contributed by atoms with Crippen molar-refractivity contribution in [2.45, 2.75) is 0 Å². The molecule has 96 valence electrons. The van der Waals surface area contributed by atoms with Gasteiger partial charge in [-0.25, -0.2) is 9.37 Å². The molecule has 1 aromatic heterocycles. The number of rotatable bonds is 7. The number of halogens is 2. The molecule has 1 heterocycles. The van der Waals surface area contributed by atoms with Gasteiger partial charge in [-0.15, -0.1) is 0 Å². The van der Waals surface area contributed by atoms with Gasteiger partial charge in [-0.2, -0.15) is 4.98 Å². The van der Waals surface area contributed by atoms with Crippen LogP contribution in [0.1, 0.15) is 0 Å². The summed E-state index contributed by atoms with van der Waals surface area (Å²) in [5, 5.41) is 2.81. The molecule has 0 radical (unpaired) electrons. The van der Waals surface area contributed by atoms with E-state index in [-0.39, 0.29) is 11.1 Å². The van der Waals surface area contributed by atoms with Gasteiger partial charge in [0.25, 0.3) is 0 Å². The van der Waals surface area contributed by atoms with E-state index in [1.165, 1.54) is 0 Å². The smallest absolute Gasteiger partial charge is 0.224 e. The maximum Gasteiger partial charge on any atom is 0.224 e. The first-order chi connectivity index (χ1) is 8.09. The Morgan fingerprint density at radius 1 is 1.47 bits per heavy atom. The Labute approximate surface area is 105 Å². The van der Waals surface area contributed by atoms with Gasteiger partial charge >= 0.3 is 0 Å². The van der Waals surface area contributed by atoms with Gasteiger partial charge in [-0.3, -0.25) is 0 Å². The molecule has 0 unspecified atom stereocenters. The van der Waals surface area contributed by atoms with Crippen molar-refractivity contribution in [3.05, 3.63) is 17.3 Å². The fraction of sp³-hybridized carbons (Fsp3) is 0.600. The predicted octanol–water partition coefficient (Wildman–Crippen LogP) is 1.26. The molecule has 7 heteroatoms. The summed E-state index contributed by atoms with van der Waals surface area (Å²) >= 11 is 5.55. The van der Waals surface area contributed by atoms with Crippen LogP contribution < -0.4 is 5.32 Å². The summed E-state index contributed by atoms with van der Waals surface area (Å²) in [5.41, 5.74) is 0. The molecule has 1 rings (SSSR count). The third-order valence-electron chi connectivity index (χ3n) is 1.94. The van der Waals surface area contributed by atoms with Crippen LogP contribution in [0, 0.1) is 5.82 Å². The highest BCUT2D eigenvalue weighted by atomic mass is 35.5. The van der Waals surface area contributed by atoms with Gasteiger partial charge in [0.1, 0.15) is 0 Å². The highest BCUT2D eigenvalue weighted by Gasteiger charge is 2.04. The van der Waals surface area contributed by atoms with Gasteiger partial charge < -0.3 is 15.0 Å². The lowest BCUT2D eigenvalue weighted by Gasteiger charge is -2.10. The van der Waals surface area contributed by atoms with Crippen LogP contribution in [0.25, 0.3) is 0 Å². The standard InChI is InChI=1S/C10H16ClFN4O/c1-16(2)4-6-17-5-3-13-9-8(12)7-14-10(11)15-9/h7H,3-6H2,1-2H3,(H,13,14,15). The largest absolute Gasteiger partial charge is 0.378 e. The van der Waals surface area contributed by atoms with Crippen molar-refractivity contribution in [1.29, 1.82) is 0 Å². The number of hydrogen-bond donors (Lipinski definition) is 1. The first-order valence-corrected chi connectivity index (χ1v) is 5.62. The summed E-state index contributed by atoms with van der Waals surface area (Å²) in [5.74, 6) is -0.427. The molecular formula is C10H16ClFN4O. The summed E-state index contributed by atoms with van der Waals surface area (Å²) in [4.78, 5) is 9.27. The normalized spacial score (nSPS) is 10.9. The molecular weight excluding hydrogens is 247 g/mol. The van der Waals surface area contributed by atoms with E-state index in [1.807, 2.05) is 19.0 Å². The Morgan fingerprint density at radius 3 is 2.94 bits per heavy atom. The topological polar surface area (TPSA) is 50.3 Å². The Hall–Kier alpha value is -0.980. The summed E-state index contributed by atoms with van der Waals surface area (Å²) in [7, 11) is 3.94. The summed E-state index contributed by atoms with van der Waals surface area (Å²) in [6, 6.07) is 0. The van der Waals surface area contributed by atoms with Crippen LogP contribution >= 0.6 is 11.6 Å². The van der Waals surface area contributed by atoms with Crippen molar-refractivity contribution >= 4 is 17.4 Å². The number of anilines is 1. The molecule has 1 N–H and O–H groups in total. The second-order valence-electron chi connectivity index (χ2n) is 3.68. The van der Waals surface area contributed by atoms with Crippen LogP contribution in [-0.2, 0) is 4.74 Å². The highest BCUT2D eigenvalue weighted by Crippen LogP contribution is 2.11. The van der Waals surface area contributed by atoms with E-state index in [0.717, 1.165) is 12.7 Å². The van der Waals surface area contributed by atoms with E-state index < -0.39 is 5.82 Å². The fourth-order valence-electron chi connectivity index (χ4n) is 1.06. The Bertz CT molecular complexity index is 351. The molecule has 0 saturated heterocycles. The zero-order valence-electron chi connectivity index (χ0n) is 9.91. The molecule has 0 saturated carbocycles. The summed E-state index contributed by atoms with van der Waals surface area (Å²) in [6.07, 6.45) is 1.03. The molecule has 0 fully saturated rings. The minimum atomic E-state index is -0.525. The third kappa shape index (κ3) is 5.76. The van der Waals surface area contributed by atoms with Crippen molar-refractivity contribution in [2.75, 3.05) is 45.7 Å². The van der Waals surface area contributed by atoms with Gasteiger partial charge in [-0.1, -0.05) is 0 Å². The lowest BCUT2D eigenvalue weighted by Crippen LogP contribution is -2.20. The lowest BCUT2D eigenvalue weighted by molar-refractivity contribution is 0.126. The molecule has 0 amide bonds. The van der Waals surface area contributed by atoms with Crippen LogP contribution in [0.4, 0.5) is 10.2 Å². The number of nitrogens with one attached hydrogen (secondary N) is 1. The first kappa shape index (κ1) is 14.1. The molecule has 0 aromatic carbocycles. The average Bonchev–Trinajstić information content (AvgIpc) is 2.27. The highest BCUT2D eigenvalue weighted by molar-refractivity contribution is 6.28. The molecule has 0 aliphatic heterocycles. The van der Waals surface area contributed by atoms with Crippen LogP contribution in [0.2, 0.25) is 5.28 Å². The molecule has 0 atom stereocenters. The van der Waals surface area contributed by atoms with E-state index in [4.69, 9.17) is 16.3 Å². The quantitative estimate of drug-likeness (QED) is 0.592. The average molecular weight is 263 g/mol. The molecule has 1 aromatic rings. The van der Waals surface area contributed by atoms with Gasteiger partial charge in [0.2, 0.25) is 5.28 Å². The maximum absolute atomic E-state index is 13.2. The number of aromatic nitrogens is 2. The Kier molecular flexibility index (Phi) is 6.10. The van der Waals surface area contributed by atoms with E-state index in [2.05, 4.69) is 15.3 Å². The molecule has 0 aliphatic rings. The maximum atomic E-state index is 13.2. The van der Waals surface area contributed by atoms with Crippen molar-refractivity contribution in [2.24, 2.45) is 0 Å². The van der Waals surface area contributed by atoms with Crippen molar-refractivity contribution < 1.29 is 9.13 Å². The van der Waals surface area contributed by atoms with Crippen molar-refractivity contribution in [3.63, 3.8) is 0 Å². The number of likely N-dealkylation sites (N-methyl/N-ethyl adjacent to an activating group) is 1. The van der Waals surface area contributed by atoms with E-state index in [9.17, 15) is 4.39 Å². The Morgan fingerprint density at radius 2 is 2.24 bits per heavy atom. The second-order valence-corrected chi connectivity index (χ2v) is 4.02. The van der Waals surface area contributed by atoms with Gasteiger partial charge in [0, 0.05) is 13.1 Å². The summed E-state index contributed by atoms with van der Waals surface area (Å²) in [6.45, 7) is 2.45. The van der Waals surface area contributed by atoms with Crippen molar-refractivity contribution in [3.8, 4) is 0 Å². The first-order valence-electron chi connectivity index (χ1n) is 5.24. The Balaban J connectivity index is 2.20. The molecule has 0 bridgehead atoms. The second kappa shape index (κ2) is 7.37. The molecule has 5 nitrogen and oxygen atoms in total.